The quantitative estimate of drug-likeness (QED) is 0.824. The molecule has 0 unspecified atom stereocenters. The number of piperidine rings is 1. The number of carbonyl (C=O) groups is 2. The van der Waals surface area contributed by atoms with Gasteiger partial charge in [0, 0.05) is 15.9 Å². The Kier molecular flexibility index (Phi) is 5.70. The van der Waals surface area contributed by atoms with Crippen molar-refractivity contribution >= 4 is 39.6 Å². The highest BCUT2D eigenvalue weighted by atomic mass is 79.9. The second-order valence-electron chi connectivity index (χ2n) is 5.14. The lowest BCUT2D eigenvalue weighted by molar-refractivity contribution is -0.150. The van der Waals surface area contributed by atoms with Crippen LogP contribution >= 0.6 is 27.7 Å². The lowest BCUT2D eigenvalue weighted by Gasteiger charge is -2.32. The number of aliphatic carboxylic acids is 1. The molecule has 1 aliphatic heterocycles. The van der Waals surface area contributed by atoms with E-state index >= 15 is 0 Å². The number of carboxylic acid groups (broad SMARTS) is 1. The first kappa shape index (κ1) is 16.4. The SMILES string of the molecule is Cc1cc(Br)ccc1SCC(=O)N1CCCC[C@H]1C(=O)O. The Bertz CT molecular complexity index is 550. The number of likely N-dealkylation sites (tertiary alicyclic amines) is 1. The van der Waals surface area contributed by atoms with Crippen LogP contribution in [-0.4, -0.2) is 40.2 Å². The molecule has 1 amide bonds. The average molecular weight is 372 g/mol. The van der Waals surface area contributed by atoms with Gasteiger partial charge in [0.1, 0.15) is 6.04 Å². The molecule has 114 valence electrons. The van der Waals surface area contributed by atoms with Gasteiger partial charge in [-0.3, -0.25) is 4.79 Å². The van der Waals surface area contributed by atoms with Crippen LogP contribution in [0.15, 0.2) is 27.6 Å². The highest BCUT2D eigenvalue weighted by molar-refractivity contribution is 9.10. The molecule has 1 N–H and O–H groups in total. The number of halogens is 1. The minimum Gasteiger partial charge on any atom is -0.480 e. The Labute approximate surface area is 137 Å². The summed E-state index contributed by atoms with van der Waals surface area (Å²) in [5, 5.41) is 9.21. The molecule has 1 aromatic rings. The number of carbonyl (C=O) groups excluding carboxylic acids is 1. The number of benzene rings is 1. The van der Waals surface area contributed by atoms with E-state index in [0.29, 0.717) is 13.0 Å². The predicted molar refractivity (Wildman–Crippen MR) is 86.6 cm³/mol. The molecule has 21 heavy (non-hydrogen) atoms. The Morgan fingerprint density at radius 2 is 2.19 bits per heavy atom. The molecular weight excluding hydrogens is 354 g/mol. The van der Waals surface area contributed by atoms with Crippen molar-refractivity contribution in [1.82, 2.24) is 4.90 Å². The van der Waals surface area contributed by atoms with Gasteiger partial charge in [0.2, 0.25) is 5.91 Å². The van der Waals surface area contributed by atoms with Crippen LogP contribution < -0.4 is 0 Å². The number of nitrogens with zero attached hydrogens (tertiary/aromatic N) is 1. The van der Waals surface area contributed by atoms with Gasteiger partial charge >= 0.3 is 5.97 Å². The van der Waals surface area contributed by atoms with Crippen LogP contribution in [0.1, 0.15) is 24.8 Å². The lowest BCUT2D eigenvalue weighted by Crippen LogP contribution is -2.48. The molecule has 1 heterocycles. The Morgan fingerprint density at radius 3 is 2.86 bits per heavy atom. The number of aryl methyl sites for hydroxylation is 1. The third-order valence-electron chi connectivity index (χ3n) is 3.60. The van der Waals surface area contributed by atoms with Gasteiger partial charge in [0.15, 0.2) is 0 Å². The molecule has 1 atom stereocenters. The Balaban J connectivity index is 1.98. The van der Waals surface area contributed by atoms with E-state index in [1.54, 1.807) is 0 Å². The summed E-state index contributed by atoms with van der Waals surface area (Å²) in [4.78, 5) is 26.1. The molecule has 0 spiro atoms. The van der Waals surface area contributed by atoms with Crippen molar-refractivity contribution in [2.24, 2.45) is 0 Å². The maximum atomic E-state index is 12.3. The van der Waals surface area contributed by atoms with Crippen LogP contribution in [-0.2, 0) is 9.59 Å². The molecule has 2 rings (SSSR count). The van der Waals surface area contributed by atoms with E-state index in [9.17, 15) is 14.7 Å². The number of rotatable bonds is 4. The summed E-state index contributed by atoms with van der Waals surface area (Å²) in [6.45, 7) is 2.55. The second kappa shape index (κ2) is 7.31. The van der Waals surface area contributed by atoms with Crippen molar-refractivity contribution in [3.05, 3.63) is 28.2 Å². The maximum absolute atomic E-state index is 12.3. The Morgan fingerprint density at radius 1 is 1.43 bits per heavy atom. The summed E-state index contributed by atoms with van der Waals surface area (Å²) < 4.78 is 1.01. The zero-order valence-corrected chi connectivity index (χ0v) is 14.2. The first-order valence-corrected chi connectivity index (χ1v) is 8.68. The van der Waals surface area contributed by atoms with Crippen LogP contribution in [0.2, 0.25) is 0 Å². The molecule has 6 heteroatoms. The largest absolute Gasteiger partial charge is 0.480 e. The van der Waals surface area contributed by atoms with E-state index in [1.165, 1.54) is 16.7 Å². The van der Waals surface area contributed by atoms with E-state index in [-0.39, 0.29) is 11.7 Å². The van der Waals surface area contributed by atoms with Crippen LogP contribution in [0.25, 0.3) is 0 Å². The molecule has 0 aromatic heterocycles. The summed E-state index contributed by atoms with van der Waals surface area (Å²) in [6.07, 6.45) is 2.32. The van der Waals surface area contributed by atoms with E-state index in [2.05, 4.69) is 15.9 Å². The van der Waals surface area contributed by atoms with Crippen LogP contribution in [0.3, 0.4) is 0 Å². The molecule has 4 nitrogen and oxygen atoms in total. The van der Waals surface area contributed by atoms with Crippen molar-refractivity contribution in [1.29, 1.82) is 0 Å². The van der Waals surface area contributed by atoms with Gasteiger partial charge in [-0.1, -0.05) is 15.9 Å². The fourth-order valence-electron chi connectivity index (χ4n) is 2.48. The molecule has 1 fully saturated rings. The number of thioether (sulfide) groups is 1. The molecule has 0 aliphatic carbocycles. The third-order valence-corrected chi connectivity index (χ3v) is 5.25. The number of carboxylic acids is 1. The summed E-state index contributed by atoms with van der Waals surface area (Å²) >= 11 is 4.88. The maximum Gasteiger partial charge on any atom is 0.326 e. The average Bonchev–Trinajstić information content (AvgIpc) is 2.46. The van der Waals surface area contributed by atoms with Crippen LogP contribution in [0.5, 0.6) is 0 Å². The molecular formula is C15H18BrNO3S. The third kappa shape index (κ3) is 4.23. The van der Waals surface area contributed by atoms with Crippen molar-refractivity contribution < 1.29 is 14.7 Å². The minimum atomic E-state index is -0.895. The zero-order chi connectivity index (χ0) is 15.4. The highest BCUT2D eigenvalue weighted by Crippen LogP contribution is 2.26. The summed E-state index contributed by atoms with van der Waals surface area (Å²) in [6, 6.07) is 5.27. The summed E-state index contributed by atoms with van der Waals surface area (Å²) in [7, 11) is 0. The molecule has 0 saturated carbocycles. The number of amides is 1. The van der Waals surface area contributed by atoms with E-state index in [4.69, 9.17) is 0 Å². The van der Waals surface area contributed by atoms with Gasteiger partial charge in [0.25, 0.3) is 0 Å². The highest BCUT2D eigenvalue weighted by Gasteiger charge is 2.31. The Hall–Kier alpha value is -1.01. The summed E-state index contributed by atoms with van der Waals surface area (Å²) in [5.41, 5.74) is 1.11. The minimum absolute atomic E-state index is 0.0885. The van der Waals surface area contributed by atoms with Crippen molar-refractivity contribution in [2.75, 3.05) is 12.3 Å². The summed E-state index contributed by atoms with van der Waals surface area (Å²) in [5.74, 6) is -0.700. The molecule has 1 saturated heterocycles. The van der Waals surface area contributed by atoms with Crippen LogP contribution in [0, 0.1) is 6.92 Å². The fourth-order valence-corrected chi connectivity index (χ4v) is 3.86. The molecule has 1 aliphatic rings. The predicted octanol–water partition coefficient (Wildman–Crippen LogP) is 3.32. The monoisotopic (exact) mass is 371 g/mol. The number of hydrogen-bond acceptors (Lipinski definition) is 3. The zero-order valence-electron chi connectivity index (χ0n) is 11.8. The first-order chi connectivity index (χ1) is 9.99. The van der Waals surface area contributed by atoms with Gasteiger partial charge < -0.3 is 10.0 Å². The van der Waals surface area contributed by atoms with Crippen molar-refractivity contribution in [3.63, 3.8) is 0 Å². The second-order valence-corrected chi connectivity index (χ2v) is 7.07. The van der Waals surface area contributed by atoms with E-state index < -0.39 is 12.0 Å². The van der Waals surface area contributed by atoms with Gasteiger partial charge in [-0.25, -0.2) is 4.79 Å². The number of hydrogen-bond donors (Lipinski definition) is 1. The van der Waals surface area contributed by atoms with Gasteiger partial charge in [-0.2, -0.15) is 0 Å². The first-order valence-electron chi connectivity index (χ1n) is 6.90. The van der Waals surface area contributed by atoms with Crippen LogP contribution in [0.4, 0.5) is 0 Å². The molecule has 0 bridgehead atoms. The van der Waals surface area contributed by atoms with Gasteiger partial charge in [0.05, 0.1) is 5.75 Å². The lowest BCUT2D eigenvalue weighted by atomic mass is 10.0. The van der Waals surface area contributed by atoms with E-state index in [0.717, 1.165) is 27.8 Å². The standard InChI is InChI=1S/C15H18BrNO3S/c1-10-8-11(16)5-6-13(10)21-9-14(18)17-7-3-2-4-12(17)15(19)20/h5-6,8,12H,2-4,7,9H2,1H3,(H,19,20)/t12-/m0/s1. The smallest absolute Gasteiger partial charge is 0.326 e. The normalized spacial score (nSPS) is 18.6. The van der Waals surface area contributed by atoms with Crippen molar-refractivity contribution in [2.45, 2.75) is 37.1 Å². The van der Waals surface area contributed by atoms with Crippen molar-refractivity contribution in [3.8, 4) is 0 Å². The van der Waals surface area contributed by atoms with Gasteiger partial charge in [-0.15, -0.1) is 11.8 Å². The molecule has 1 aromatic carbocycles. The molecule has 0 radical (unpaired) electrons. The topological polar surface area (TPSA) is 57.6 Å². The van der Waals surface area contributed by atoms with E-state index in [1.807, 2.05) is 25.1 Å². The fraction of sp³-hybridized carbons (Fsp3) is 0.467. The van der Waals surface area contributed by atoms with Gasteiger partial charge in [-0.05, 0) is 49.9 Å².